The van der Waals surface area contributed by atoms with Gasteiger partial charge in [0, 0.05) is 18.6 Å². The van der Waals surface area contributed by atoms with Crippen molar-refractivity contribution in [2.24, 2.45) is 0 Å². The number of ketones is 1. The Morgan fingerprint density at radius 3 is 2.75 bits per heavy atom. The zero-order valence-electron chi connectivity index (χ0n) is 9.95. The number of aromatic nitrogens is 1. The first-order valence-corrected chi connectivity index (χ1v) is 7.56. The second kappa shape index (κ2) is 4.88. The van der Waals surface area contributed by atoms with Crippen LogP contribution in [0, 0.1) is 0 Å². The Bertz CT molecular complexity index is 394. The molecule has 0 radical (unpaired) electrons. The summed E-state index contributed by atoms with van der Waals surface area (Å²) in [6.45, 7) is 6.02. The van der Waals surface area contributed by atoms with Crippen LogP contribution in [0.3, 0.4) is 0 Å². The zero-order valence-corrected chi connectivity index (χ0v) is 11.6. The summed E-state index contributed by atoms with van der Waals surface area (Å²) in [6, 6.07) is 0. The van der Waals surface area contributed by atoms with E-state index < -0.39 is 0 Å². The molecule has 0 atom stereocenters. The van der Waals surface area contributed by atoms with E-state index >= 15 is 0 Å². The molecular weight excluding hydrogens is 238 g/mol. The lowest BCUT2D eigenvalue weighted by Crippen LogP contribution is -1.93. The number of thiazole rings is 1. The average molecular weight is 255 g/mol. The molecule has 1 fully saturated rings. The molecule has 0 spiro atoms. The van der Waals surface area contributed by atoms with Gasteiger partial charge >= 0.3 is 0 Å². The summed E-state index contributed by atoms with van der Waals surface area (Å²) in [6.07, 6.45) is 2.42. The number of hydrogen-bond acceptors (Lipinski definition) is 4. The first-order chi connectivity index (χ1) is 7.58. The summed E-state index contributed by atoms with van der Waals surface area (Å²) < 4.78 is 0. The van der Waals surface area contributed by atoms with E-state index in [2.05, 4.69) is 18.8 Å². The lowest BCUT2D eigenvalue weighted by molar-refractivity contribution is 0.102. The lowest BCUT2D eigenvalue weighted by Gasteiger charge is -2.00. The van der Waals surface area contributed by atoms with Crippen molar-refractivity contribution in [2.75, 3.05) is 0 Å². The van der Waals surface area contributed by atoms with Crippen LogP contribution in [-0.2, 0) is 5.75 Å². The molecule has 1 aliphatic carbocycles. The third-order valence-corrected chi connectivity index (χ3v) is 4.98. The molecule has 1 heterocycles. The van der Waals surface area contributed by atoms with E-state index in [4.69, 9.17) is 0 Å². The van der Waals surface area contributed by atoms with Gasteiger partial charge in [-0.2, -0.15) is 11.8 Å². The number of nitrogens with zero attached hydrogens (tertiary/aromatic N) is 1. The second-order valence-corrected chi connectivity index (χ2v) is 7.16. The van der Waals surface area contributed by atoms with E-state index in [1.807, 2.05) is 11.8 Å². The lowest BCUT2D eigenvalue weighted by atomic mass is 10.2. The van der Waals surface area contributed by atoms with Gasteiger partial charge in [0.1, 0.15) is 5.01 Å². The second-order valence-electron chi connectivity index (χ2n) is 4.51. The topological polar surface area (TPSA) is 30.0 Å². The summed E-state index contributed by atoms with van der Waals surface area (Å²) in [5, 5.41) is 1.74. The smallest absolute Gasteiger partial charge is 0.171 e. The van der Waals surface area contributed by atoms with Crippen molar-refractivity contribution in [1.82, 2.24) is 4.98 Å². The predicted molar refractivity (Wildman–Crippen MR) is 70.5 cm³/mol. The van der Waals surface area contributed by atoms with Crippen LogP contribution in [-0.4, -0.2) is 16.0 Å². The maximum absolute atomic E-state index is 11.5. The highest BCUT2D eigenvalue weighted by molar-refractivity contribution is 7.99. The van der Waals surface area contributed by atoms with Gasteiger partial charge in [-0.05, 0) is 18.1 Å². The maximum atomic E-state index is 11.5. The highest BCUT2D eigenvalue weighted by Gasteiger charge is 2.30. The molecule has 0 amide bonds. The quantitative estimate of drug-likeness (QED) is 0.748. The van der Waals surface area contributed by atoms with Crippen LogP contribution < -0.4 is 0 Å². The van der Waals surface area contributed by atoms with Crippen molar-refractivity contribution in [1.29, 1.82) is 0 Å². The van der Waals surface area contributed by atoms with Crippen molar-refractivity contribution in [3.8, 4) is 0 Å². The number of thioether (sulfide) groups is 1. The molecule has 0 unspecified atom stereocenters. The summed E-state index contributed by atoms with van der Waals surface area (Å²) in [5.41, 5.74) is 1.08. The molecule has 0 aromatic carbocycles. The van der Waals surface area contributed by atoms with Crippen LogP contribution in [0.15, 0.2) is 0 Å². The monoisotopic (exact) mass is 255 g/mol. The van der Waals surface area contributed by atoms with E-state index in [9.17, 15) is 4.79 Å². The minimum atomic E-state index is 0.181. The van der Waals surface area contributed by atoms with Gasteiger partial charge in [-0.3, -0.25) is 4.79 Å². The molecule has 4 heteroatoms. The largest absolute Gasteiger partial charge is 0.294 e. The van der Waals surface area contributed by atoms with Gasteiger partial charge < -0.3 is 0 Å². The average Bonchev–Trinajstić information content (AvgIpc) is 2.95. The van der Waals surface area contributed by atoms with Gasteiger partial charge in [0.05, 0.1) is 10.6 Å². The zero-order chi connectivity index (χ0) is 11.7. The van der Waals surface area contributed by atoms with Crippen molar-refractivity contribution < 1.29 is 4.79 Å². The molecule has 1 saturated carbocycles. The fourth-order valence-corrected chi connectivity index (χ4v) is 3.38. The summed E-state index contributed by atoms with van der Waals surface area (Å²) in [7, 11) is 0. The maximum Gasteiger partial charge on any atom is 0.171 e. The molecule has 0 bridgehead atoms. The molecular formula is C12H17NOS2. The molecule has 16 heavy (non-hydrogen) atoms. The third-order valence-electron chi connectivity index (χ3n) is 2.52. The van der Waals surface area contributed by atoms with Crippen molar-refractivity contribution in [3.63, 3.8) is 0 Å². The van der Waals surface area contributed by atoms with Crippen molar-refractivity contribution in [3.05, 3.63) is 15.6 Å². The van der Waals surface area contributed by atoms with Crippen LogP contribution in [0.4, 0.5) is 0 Å². The highest BCUT2D eigenvalue weighted by atomic mass is 32.2. The SMILES string of the molecule is CC(=O)c1sc(CSC(C)C)nc1C1CC1. The molecule has 2 nitrogen and oxygen atoms in total. The summed E-state index contributed by atoms with van der Waals surface area (Å²) in [4.78, 5) is 17.1. The van der Waals surface area contributed by atoms with Crippen LogP contribution in [0.1, 0.15) is 59.9 Å². The fourth-order valence-electron chi connectivity index (χ4n) is 1.56. The van der Waals surface area contributed by atoms with Gasteiger partial charge in [-0.15, -0.1) is 11.3 Å². The molecule has 2 rings (SSSR count). The number of hydrogen-bond donors (Lipinski definition) is 0. The van der Waals surface area contributed by atoms with E-state index in [0.29, 0.717) is 11.2 Å². The first-order valence-electron chi connectivity index (χ1n) is 5.70. The third kappa shape index (κ3) is 2.86. The van der Waals surface area contributed by atoms with E-state index in [-0.39, 0.29) is 5.78 Å². The number of rotatable bonds is 5. The Kier molecular flexibility index (Phi) is 3.70. The Hall–Kier alpha value is -0.350. The Balaban J connectivity index is 2.14. The van der Waals surface area contributed by atoms with Crippen LogP contribution >= 0.6 is 23.1 Å². The first kappa shape index (κ1) is 12.1. The van der Waals surface area contributed by atoms with E-state index in [0.717, 1.165) is 21.3 Å². The number of Topliss-reactive ketones (excluding diaryl/α,β-unsaturated/α-hetero) is 1. The summed E-state index contributed by atoms with van der Waals surface area (Å²) >= 11 is 3.48. The van der Waals surface area contributed by atoms with Gasteiger partial charge in [-0.1, -0.05) is 13.8 Å². The van der Waals surface area contributed by atoms with Gasteiger partial charge in [-0.25, -0.2) is 4.98 Å². The molecule has 1 aromatic rings. The molecule has 0 aliphatic heterocycles. The Labute approximate surface area is 105 Å². The molecule has 0 N–H and O–H groups in total. The number of carbonyl (C=O) groups is 1. The van der Waals surface area contributed by atoms with Crippen molar-refractivity contribution in [2.45, 2.75) is 50.5 Å². The minimum absolute atomic E-state index is 0.181. The number of carbonyl (C=O) groups excluding carboxylic acids is 1. The van der Waals surface area contributed by atoms with E-state index in [1.54, 1.807) is 18.3 Å². The summed E-state index contributed by atoms with van der Waals surface area (Å²) in [5.74, 6) is 1.70. The van der Waals surface area contributed by atoms with E-state index in [1.165, 1.54) is 12.8 Å². The Morgan fingerprint density at radius 1 is 1.56 bits per heavy atom. The Morgan fingerprint density at radius 2 is 2.25 bits per heavy atom. The minimum Gasteiger partial charge on any atom is -0.294 e. The fraction of sp³-hybridized carbons (Fsp3) is 0.667. The molecule has 1 aliphatic rings. The normalized spacial score (nSPS) is 15.8. The molecule has 1 aromatic heterocycles. The van der Waals surface area contributed by atoms with Crippen LogP contribution in [0.25, 0.3) is 0 Å². The van der Waals surface area contributed by atoms with Crippen LogP contribution in [0.2, 0.25) is 0 Å². The van der Waals surface area contributed by atoms with Gasteiger partial charge in [0.2, 0.25) is 0 Å². The molecule has 0 saturated heterocycles. The van der Waals surface area contributed by atoms with Gasteiger partial charge in [0.15, 0.2) is 5.78 Å². The standard InChI is InChI=1S/C12H17NOS2/c1-7(2)15-6-10-13-11(9-4-5-9)12(16-10)8(3)14/h7,9H,4-6H2,1-3H3. The van der Waals surface area contributed by atoms with Crippen LogP contribution in [0.5, 0.6) is 0 Å². The van der Waals surface area contributed by atoms with Gasteiger partial charge in [0.25, 0.3) is 0 Å². The predicted octanol–water partition coefficient (Wildman–Crippen LogP) is 3.86. The van der Waals surface area contributed by atoms with Crippen molar-refractivity contribution >= 4 is 28.9 Å². The molecule has 88 valence electrons. The highest BCUT2D eigenvalue weighted by Crippen LogP contribution is 2.43.